The number of hydrogen-bond acceptors (Lipinski definition) is 3. The Morgan fingerprint density at radius 2 is 1.94 bits per heavy atom. The molecule has 0 radical (unpaired) electrons. The predicted molar refractivity (Wildman–Crippen MR) is 130 cm³/mol. The zero-order valence-corrected chi connectivity index (χ0v) is 21.1. The first-order valence-electron chi connectivity index (χ1n) is 13.0. The summed E-state index contributed by atoms with van der Waals surface area (Å²) in [7, 11) is 0. The molecule has 7 atom stereocenters. The average Bonchev–Trinajstić information content (AvgIpc) is 3.05. The quantitative estimate of drug-likeness (QED) is 0.379. The maximum absolute atomic E-state index is 11.8. The Morgan fingerprint density at radius 1 is 1.19 bits per heavy atom. The van der Waals surface area contributed by atoms with Crippen LogP contribution < -0.4 is 0 Å². The van der Waals surface area contributed by atoms with E-state index in [1.54, 1.807) is 0 Å². The highest BCUT2D eigenvalue weighted by Crippen LogP contribution is 2.65. The van der Waals surface area contributed by atoms with Crippen LogP contribution in [0.15, 0.2) is 35.5 Å². The number of esters is 1. The number of ether oxygens (including phenoxy) is 1. The van der Waals surface area contributed by atoms with Gasteiger partial charge in [0, 0.05) is 18.8 Å². The summed E-state index contributed by atoms with van der Waals surface area (Å²) in [6, 6.07) is 0. The van der Waals surface area contributed by atoms with E-state index in [2.05, 4.69) is 58.9 Å². The summed E-state index contributed by atoms with van der Waals surface area (Å²) in [6.07, 6.45) is 17.3. The molecule has 0 saturated heterocycles. The van der Waals surface area contributed by atoms with Gasteiger partial charge < -0.3 is 9.84 Å². The Balaban J connectivity index is 1.58. The first-order valence-corrected chi connectivity index (χ1v) is 13.0. The van der Waals surface area contributed by atoms with E-state index in [0.29, 0.717) is 41.9 Å². The molecule has 0 spiro atoms. The Labute approximate surface area is 195 Å². The van der Waals surface area contributed by atoms with Crippen molar-refractivity contribution in [2.45, 2.75) is 105 Å². The van der Waals surface area contributed by atoms with Crippen LogP contribution in [0.1, 0.15) is 92.9 Å². The molecule has 0 aromatic rings. The van der Waals surface area contributed by atoms with Crippen LogP contribution in [0.2, 0.25) is 0 Å². The van der Waals surface area contributed by atoms with E-state index in [0.717, 1.165) is 25.7 Å². The van der Waals surface area contributed by atoms with Crippen LogP contribution in [0.5, 0.6) is 0 Å². The molecule has 1 N–H and O–H groups in total. The largest absolute Gasteiger partial charge is 0.462 e. The van der Waals surface area contributed by atoms with Crippen LogP contribution >= 0.6 is 0 Å². The molecular weight excluding hydrogens is 396 g/mol. The van der Waals surface area contributed by atoms with Crippen molar-refractivity contribution >= 4 is 5.97 Å². The van der Waals surface area contributed by atoms with Gasteiger partial charge in [-0.05, 0) is 85.2 Å². The first-order chi connectivity index (χ1) is 15.0. The molecule has 4 aliphatic rings. The van der Waals surface area contributed by atoms with Gasteiger partial charge in [0.2, 0.25) is 0 Å². The fourth-order valence-electron chi connectivity index (χ4n) is 7.75. The zero-order valence-electron chi connectivity index (χ0n) is 21.1. The molecule has 2 saturated carbocycles. The summed E-state index contributed by atoms with van der Waals surface area (Å²) >= 11 is 0. The van der Waals surface area contributed by atoms with Crippen LogP contribution in [0.3, 0.4) is 0 Å². The van der Waals surface area contributed by atoms with Crippen molar-refractivity contribution in [3.05, 3.63) is 35.5 Å². The molecule has 4 aliphatic carbocycles. The van der Waals surface area contributed by atoms with Gasteiger partial charge in [-0.3, -0.25) is 4.79 Å². The molecule has 2 fully saturated rings. The number of aliphatic hydroxyl groups is 1. The molecular formula is C29H44O3. The van der Waals surface area contributed by atoms with Gasteiger partial charge in [-0.25, -0.2) is 0 Å². The molecule has 0 heterocycles. The minimum absolute atomic E-state index is 0.163. The van der Waals surface area contributed by atoms with Gasteiger partial charge in [-0.2, -0.15) is 0 Å². The summed E-state index contributed by atoms with van der Waals surface area (Å²) in [5, 5.41) is 11.8. The summed E-state index contributed by atoms with van der Waals surface area (Å²) in [5.41, 5.74) is 2.17. The van der Waals surface area contributed by atoms with E-state index in [1.165, 1.54) is 30.9 Å². The van der Waals surface area contributed by atoms with Crippen molar-refractivity contribution in [3.63, 3.8) is 0 Å². The Kier molecular flexibility index (Phi) is 6.29. The summed E-state index contributed by atoms with van der Waals surface area (Å²) in [5.74, 6) is 2.39. The van der Waals surface area contributed by atoms with Crippen LogP contribution in [-0.4, -0.2) is 22.8 Å². The number of rotatable bonds is 5. The van der Waals surface area contributed by atoms with Crippen molar-refractivity contribution < 1.29 is 14.6 Å². The Hall–Kier alpha value is -1.35. The lowest BCUT2D eigenvalue weighted by molar-refractivity contribution is -0.163. The fraction of sp³-hybridized carbons (Fsp3) is 0.759. The second-order valence-corrected chi connectivity index (χ2v) is 12.2. The van der Waals surface area contributed by atoms with Crippen LogP contribution in [0, 0.1) is 34.5 Å². The van der Waals surface area contributed by atoms with E-state index in [1.807, 2.05) is 0 Å². The number of carbonyl (C=O) groups is 1. The van der Waals surface area contributed by atoms with Crippen LogP contribution in [0.25, 0.3) is 0 Å². The molecule has 3 nitrogen and oxygen atoms in total. The van der Waals surface area contributed by atoms with Gasteiger partial charge in [0.05, 0.1) is 5.60 Å². The van der Waals surface area contributed by atoms with Crippen molar-refractivity contribution in [2.24, 2.45) is 34.5 Å². The van der Waals surface area contributed by atoms with E-state index < -0.39 is 5.60 Å². The molecule has 178 valence electrons. The Bertz CT molecular complexity index is 835. The number of fused-ring (bicyclic) bond motifs is 5. The van der Waals surface area contributed by atoms with Gasteiger partial charge in [-0.1, -0.05) is 58.9 Å². The van der Waals surface area contributed by atoms with E-state index in [4.69, 9.17) is 4.74 Å². The van der Waals surface area contributed by atoms with Gasteiger partial charge >= 0.3 is 5.97 Å². The summed E-state index contributed by atoms with van der Waals surface area (Å²) in [4.78, 5) is 11.5. The van der Waals surface area contributed by atoms with Crippen molar-refractivity contribution in [2.75, 3.05) is 0 Å². The molecule has 3 heteroatoms. The highest BCUT2D eigenvalue weighted by Gasteiger charge is 2.60. The number of hydrogen-bond donors (Lipinski definition) is 1. The molecule has 32 heavy (non-hydrogen) atoms. The van der Waals surface area contributed by atoms with Gasteiger partial charge in [-0.15, -0.1) is 0 Å². The lowest BCUT2D eigenvalue weighted by Gasteiger charge is -2.57. The highest BCUT2D eigenvalue weighted by molar-refractivity contribution is 5.66. The molecule has 0 aliphatic heterocycles. The molecule has 0 bridgehead atoms. The maximum atomic E-state index is 11.8. The van der Waals surface area contributed by atoms with Crippen molar-refractivity contribution in [1.82, 2.24) is 0 Å². The molecule has 0 aromatic carbocycles. The molecule has 0 unspecified atom stereocenters. The smallest absolute Gasteiger partial charge is 0.302 e. The van der Waals surface area contributed by atoms with Crippen LogP contribution in [-0.2, 0) is 9.53 Å². The van der Waals surface area contributed by atoms with Crippen molar-refractivity contribution in [1.29, 1.82) is 0 Å². The van der Waals surface area contributed by atoms with E-state index >= 15 is 0 Å². The topological polar surface area (TPSA) is 46.5 Å². The second kappa shape index (κ2) is 8.46. The first kappa shape index (κ1) is 23.8. The van der Waals surface area contributed by atoms with Gasteiger partial charge in [0.15, 0.2) is 0 Å². The fourth-order valence-corrected chi connectivity index (χ4v) is 7.75. The minimum Gasteiger partial charge on any atom is -0.462 e. The second-order valence-electron chi connectivity index (χ2n) is 12.2. The molecule has 0 aromatic heterocycles. The third-order valence-electron chi connectivity index (χ3n) is 9.67. The molecule has 4 rings (SSSR count). The monoisotopic (exact) mass is 440 g/mol. The lowest BCUT2D eigenvalue weighted by atomic mass is 9.50. The van der Waals surface area contributed by atoms with Gasteiger partial charge in [0.1, 0.15) is 6.10 Å². The summed E-state index contributed by atoms with van der Waals surface area (Å²) < 4.78 is 5.51. The minimum atomic E-state index is -0.820. The van der Waals surface area contributed by atoms with Gasteiger partial charge in [0.25, 0.3) is 0 Å². The lowest BCUT2D eigenvalue weighted by Crippen LogP contribution is -2.56. The number of carbonyl (C=O) groups excluding carboxylic acids is 1. The SMILES string of the molecule is CC(=O)O[C@@H]1CC[C@]2(C)C3=CC[C@]4(C)[C@H](CC[C@@H]4[C@H](C)/C=C/CC(C)C)C3=CC[C@@]2(O)C1. The third kappa shape index (κ3) is 3.83. The average molecular weight is 441 g/mol. The Morgan fingerprint density at radius 3 is 2.62 bits per heavy atom. The van der Waals surface area contributed by atoms with Crippen LogP contribution in [0.4, 0.5) is 0 Å². The zero-order chi connectivity index (χ0) is 23.3. The maximum Gasteiger partial charge on any atom is 0.302 e. The normalized spacial score (nSPS) is 42.1. The highest BCUT2D eigenvalue weighted by atomic mass is 16.5. The standard InChI is InChI=1S/C29H44O3/c1-19(2)8-7-9-20(3)24-10-11-25-23-13-17-29(31)18-22(32-21(4)30)12-16-28(29,6)26(23)14-15-27(24,25)5/h7,9,13-14,19-20,22,24-25,31H,8,10-12,15-18H2,1-6H3/b9-7+/t20-,22-,24-,25-,27+,28-,29-/m1/s1. The summed E-state index contributed by atoms with van der Waals surface area (Å²) in [6.45, 7) is 13.2. The third-order valence-corrected chi connectivity index (χ3v) is 9.67. The van der Waals surface area contributed by atoms with E-state index in [9.17, 15) is 9.90 Å². The van der Waals surface area contributed by atoms with E-state index in [-0.39, 0.29) is 17.5 Å². The predicted octanol–water partition coefficient (Wildman–Crippen LogP) is 6.77. The van der Waals surface area contributed by atoms with Crippen molar-refractivity contribution in [3.8, 4) is 0 Å². The number of allylic oxidation sites excluding steroid dienone is 4. The molecule has 0 amide bonds.